The first kappa shape index (κ1) is 25.3. The molecule has 0 saturated carbocycles. The summed E-state index contributed by atoms with van der Waals surface area (Å²) in [4.78, 5) is 18.1. The number of aromatic amines is 1. The molecule has 1 aliphatic heterocycles. The van der Waals surface area contributed by atoms with Crippen molar-refractivity contribution < 1.29 is 4.79 Å². The van der Waals surface area contributed by atoms with Gasteiger partial charge < -0.3 is 9.88 Å². The number of nitrogens with zero attached hydrogens (tertiary/aromatic N) is 1. The smallest absolute Gasteiger partial charge is 0.222 e. The Kier molecular flexibility index (Phi) is 11.3. The van der Waals surface area contributed by atoms with E-state index in [2.05, 4.69) is 71.6 Å². The Labute approximate surface area is 201 Å². The second-order valence-electron chi connectivity index (χ2n) is 9.60. The summed E-state index contributed by atoms with van der Waals surface area (Å²) in [6.45, 7) is 4.03. The number of carbonyl (C=O) groups is 1. The lowest BCUT2D eigenvalue weighted by Gasteiger charge is -2.16. The molecule has 180 valence electrons. The van der Waals surface area contributed by atoms with Crippen molar-refractivity contribution in [3.8, 4) is 0 Å². The topological polar surface area (TPSA) is 36.1 Å². The van der Waals surface area contributed by atoms with Crippen molar-refractivity contribution in [3.05, 3.63) is 60.3 Å². The van der Waals surface area contributed by atoms with Crippen molar-refractivity contribution in [2.75, 3.05) is 13.1 Å². The van der Waals surface area contributed by atoms with Gasteiger partial charge in [-0.05, 0) is 56.6 Å². The predicted octanol–water partition coefficient (Wildman–Crippen LogP) is 8.30. The summed E-state index contributed by atoms with van der Waals surface area (Å²) in [5, 5.41) is 1.31. The summed E-state index contributed by atoms with van der Waals surface area (Å²) < 4.78 is 0. The van der Waals surface area contributed by atoms with Crippen molar-refractivity contribution in [3.63, 3.8) is 0 Å². The van der Waals surface area contributed by atoms with Gasteiger partial charge >= 0.3 is 0 Å². The molecular weight excluding hydrogens is 404 g/mol. The average Bonchev–Trinajstić information content (AvgIpc) is 3.48. The number of H-pyrrole nitrogens is 1. The summed E-state index contributed by atoms with van der Waals surface area (Å²) >= 11 is 0. The Hall–Kier alpha value is -2.29. The number of hydrogen-bond donors (Lipinski definition) is 1. The third-order valence-corrected chi connectivity index (χ3v) is 6.94. The summed E-state index contributed by atoms with van der Waals surface area (Å²) in [6.07, 6.45) is 26.7. The molecule has 1 unspecified atom stereocenters. The number of carbonyl (C=O) groups excluding carboxylic acids is 1. The third kappa shape index (κ3) is 8.53. The maximum atomic E-state index is 12.7. The van der Waals surface area contributed by atoms with Crippen molar-refractivity contribution in [2.45, 2.75) is 96.3 Å². The molecule has 1 atom stereocenters. The van der Waals surface area contributed by atoms with Crippen LogP contribution in [0, 0.1) is 0 Å². The molecule has 0 bridgehead atoms. The first-order valence-corrected chi connectivity index (χ1v) is 13.4. The second-order valence-corrected chi connectivity index (χ2v) is 9.60. The molecule has 0 radical (unpaired) electrons. The molecule has 1 N–H and O–H groups in total. The van der Waals surface area contributed by atoms with Crippen LogP contribution in [0.15, 0.2) is 54.8 Å². The van der Waals surface area contributed by atoms with Crippen LogP contribution in [0.25, 0.3) is 10.9 Å². The van der Waals surface area contributed by atoms with Crippen LogP contribution in [0.2, 0.25) is 0 Å². The van der Waals surface area contributed by atoms with Gasteiger partial charge in [0.05, 0.1) is 0 Å². The molecule has 3 nitrogen and oxygen atoms in total. The van der Waals surface area contributed by atoms with Gasteiger partial charge in [-0.25, -0.2) is 0 Å². The molecule has 2 heterocycles. The van der Waals surface area contributed by atoms with Crippen molar-refractivity contribution >= 4 is 16.8 Å². The molecule has 1 fully saturated rings. The minimum Gasteiger partial charge on any atom is -0.361 e. The van der Waals surface area contributed by atoms with E-state index >= 15 is 0 Å². The lowest BCUT2D eigenvalue weighted by Crippen LogP contribution is -2.28. The maximum Gasteiger partial charge on any atom is 0.222 e. The fourth-order valence-electron chi connectivity index (χ4n) is 4.92. The highest BCUT2D eigenvalue weighted by atomic mass is 16.2. The minimum absolute atomic E-state index is 0.350. The van der Waals surface area contributed by atoms with E-state index in [4.69, 9.17) is 0 Å². The molecule has 33 heavy (non-hydrogen) atoms. The number of allylic oxidation sites excluding steroid dienone is 4. The molecule has 0 aliphatic carbocycles. The van der Waals surface area contributed by atoms with Crippen LogP contribution in [-0.2, 0) is 4.79 Å². The number of aromatic nitrogens is 1. The Balaban J connectivity index is 1.20. The maximum absolute atomic E-state index is 12.7. The first-order chi connectivity index (χ1) is 16.3. The van der Waals surface area contributed by atoms with E-state index in [1.54, 1.807) is 0 Å². The van der Waals surface area contributed by atoms with Gasteiger partial charge in [0, 0.05) is 42.5 Å². The Morgan fingerprint density at radius 3 is 2.52 bits per heavy atom. The van der Waals surface area contributed by atoms with E-state index in [0.29, 0.717) is 18.2 Å². The van der Waals surface area contributed by atoms with Gasteiger partial charge in [0.1, 0.15) is 0 Å². The average molecular weight is 449 g/mol. The zero-order chi connectivity index (χ0) is 23.1. The molecule has 3 heteroatoms. The van der Waals surface area contributed by atoms with Gasteiger partial charge in [0.15, 0.2) is 0 Å². The van der Waals surface area contributed by atoms with Gasteiger partial charge in [-0.1, -0.05) is 81.5 Å². The highest BCUT2D eigenvalue weighted by Crippen LogP contribution is 2.32. The Morgan fingerprint density at radius 1 is 0.970 bits per heavy atom. The van der Waals surface area contributed by atoms with Crippen molar-refractivity contribution in [2.24, 2.45) is 0 Å². The SMILES string of the molecule is CCCCC/C=C\C/C=C\CCCCCCCC(=O)N1CCC(c2c[nH]c3ccccc23)C1. The second kappa shape index (κ2) is 14.8. The minimum atomic E-state index is 0.350. The summed E-state index contributed by atoms with van der Waals surface area (Å²) in [5.74, 6) is 0.817. The van der Waals surface area contributed by atoms with Crippen molar-refractivity contribution in [1.82, 2.24) is 9.88 Å². The fraction of sp³-hybridized carbons (Fsp3) is 0.567. The van der Waals surface area contributed by atoms with Crippen LogP contribution in [0.4, 0.5) is 0 Å². The zero-order valence-electron chi connectivity index (χ0n) is 20.7. The first-order valence-electron chi connectivity index (χ1n) is 13.4. The van der Waals surface area contributed by atoms with E-state index < -0.39 is 0 Å². The number of unbranched alkanes of at least 4 members (excludes halogenated alkanes) is 8. The van der Waals surface area contributed by atoms with Crippen molar-refractivity contribution in [1.29, 1.82) is 0 Å². The molecule has 1 amide bonds. The van der Waals surface area contributed by atoms with Crippen LogP contribution in [0.5, 0.6) is 0 Å². The molecule has 1 saturated heterocycles. The van der Waals surface area contributed by atoms with Gasteiger partial charge in [0.2, 0.25) is 5.91 Å². The van der Waals surface area contributed by atoms with Gasteiger partial charge in [0.25, 0.3) is 0 Å². The van der Waals surface area contributed by atoms with Crippen LogP contribution >= 0.6 is 0 Å². The normalized spacial score (nSPS) is 16.6. The zero-order valence-corrected chi connectivity index (χ0v) is 20.7. The molecule has 3 rings (SSSR count). The summed E-state index contributed by atoms with van der Waals surface area (Å²) in [6, 6.07) is 8.48. The third-order valence-electron chi connectivity index (χ3n) is 6.94. The lowest BCUT2D eigenvalue weighted by atomic mass is 9.98. The number of para-hydroxylation sites is 1. The Bertz CT molecular complexity index is 878. The van der Waals surface area contributed by atoms with E-state index in [1.807, 2.05) is 0 Å². The molecular formula is C30H44N2O. The largest absolute Gasteiger partial charge is 0.361 e. The summed E-state index contributed by atoms with van der Waals surface area (Å²) in [5.41, 5.74) is 2.57. The number of hydrogen-bond acceptors (Lipinski definition) is 1. The number of likely N-dealkylation sites (tertiary alicyclic amines) is 1. The fourth-order valence-corrected chi connectivity index (χ4v) is 4.92. The molecule has 0 spiro atoms. The highest BCUT2D eigenvalue weighted by molar-refractivity contribution is 5.84. The van der Waals surface area contributed by atoms with E-state index in [1.165, 1.54) is 74.3 Å². The number of nitrogens with one attached hydrogen (secondary N) is 1. The molecule has 1 aliphatic rings. The van der Waals surface area contributed by atoms with Crippen LogP contribution < -0.4 is 0 Å². The number of fused-ring (bicyclic) bond motifs is 1. The Morgan fingerprint density at radius 2 is 1.70 bits per heavy atom. The molecule has 1 aromatic carbocycles. The summed E-state index contributed by atoms with van der Waals surface area (Å²) in [7, 11) is 0. The van der Waals surface area contributed by atoms with Crippen LogP contribution in [0.3, 0.4) is 0 Å². The van der Waals surface area contributed by atoms with Gasteiger partial charge in [-0.15, -0.1) is 0 Å². The molecule has 1 aromatic heterocycles. The van der Waals surface area contributed by atoms with Crippen LogP contribution in [0.1, 0.15) is 102 Å². The predicted molar refractivity (Wildman–Crippen MR) is 142 cm³/mol. The van der Waals surface area contributed by atoms with E-state index in [9.17, 15) is 4.79 Å². The quantitative estimate of drug-likeness (QED) is 0.216. The number of rotatable bonds is 15. The number of amides is 1. The van der Waals surface area contributed by atoms with E-state index in [0.717, 1.165) is 32.4 Å². The van der Waals surface area contributed by atoms with E-state index in [-0.39, 0.29) is 0 Å². The molecule has 2 aromatic rings. The monoisotopic (exact) mass is 448 g/mol. The van der Waals surface area contributed by atoms with Gasteiger partial charge in [-0.3, -0.25) is 4.79 Å². The van der Waals surface area contributed by atoms with Gasteiger partial charge in [-0.2, -0.15) is 0 Å². The highest BCUT2D eigenvalue weighted by Gasteiger charge is 2.28. The number of benzene rings is 1. The standard InChI is InChI=1S/C30H44N2O/c1-2-3-4-5-6-7-8-9-10-11-12-13-14-15-16-21-30(33)32-23-22-26(25-32)28-24-31-29-20-18-17-19-27(28)29/h6-7,9-10,17-20,24,26,31H,2-5,8,11-16,21-23,25H2,1H3/b7-6-,10-9-. The lowest BCUT2D eigenvalue weighted by molar-refractivity contribution is -0.130. The van der Waals surface area contributed by atoms with Crippen LogP contribution in [-0.4, -0.2) is 28.9 Å².